The molecule has 3 aromatic rings. The quantitative estimate of drug-likeness (QED) is 0.629. The number of ether oxygens (including phenoxy) is 1. The van der Waals surface area contributed by atoms with Crippen molar-refractivity contribution >= 4 is 16.9 Å². The van der Waals surface area contributed by atoms with E-state index in [0.29, 0.717) is 34.7 Å². The second-order valence-corrected chi connectivity index (χ2v) is 6.80. The predicted octanol–water partition coefficient (Wildman–Crippen LogP) is 1.83. The molecule has 28 heavy (non-hydrogen) atoms. The predicted molar refractivity (Wildman–Crippen MR) is 106 cm³/mol. The van der Waals surface area contributed by atoms with Gasteiger partial charge in [-0.3, -0.25) is 4.90 Å². The molecule has 0 radical (unpaired) electrons. The van der Waals surface area contributed by atoms with Crippen molar-refractivity contribution in [1.82, 2.24) is 25.2 Å². The Hall–Kier alpha value is -2.68. The van der Waals surface area contributed by atoms with E-state index >= 15 is 0 Å². The van der Waals surface area contributed by atoms with Crippen LogP contribution in [0.15, 0.2) is 36.7 Å². The van der Waals surface area contributed by atoms with Crippen LogP contribution in [-0.2, 0) is 11.3 Å². The molecular weight excluding hydrogens is 359 g/mol. The summed E-state index contributed by atoms with van der Waals surface area (Å²) in [5.41, 5.74) is 9.30. The summed E-state index contributed by atoms with van der Waals surface area (Å²) in [6, 6.07) is 8.61. The Labute approximate surface area is 162 Å². The SMILES string of the molecule is Nc1ncnc2ccc(-c3cc(F)cc(CNCCN4CCOCC4)c3)nc12. The monoisotopic (exact) mass is 382 g/mol. The first kappa shape index (κ1) is 18.7. The molecule has 0 spiro atoms. The lowest BCUT2D eigenvalue weighted by atomic mass is 10.1. The van der Waals surface area contributed by atoms with Crippen LogP contribution in [0.25, 0.3) is 22.3 Å². The third-order valence-electron chi connectivity index (χ3n) is 4.80. The minimum Gasteiger partial charge on any atom is -0.382 e. The van der Waals surface area contributed by atoms with Gasteiger partial charge in [-0.2, -0.15) is 0 Å². The van der Waals surface area contributed by atoms with Crippen molar-refractivity contribution in [3.8, 4) is 11.3 Å². The van der Waals surface area contributed by atoms with Gasteiger partial charge in [-0.1, -0.05) is 0 Å². The molecule has 3 N–H and O–H groups in total. The van der Waals surface area contributed by atoms with Crippen molar-refractivity contribution in [1.29, 1.82) is 0 Å². The molecule has 0 amide bonds. The van der Waals surface area contributed by atoms with Crippen LogP contribution in [0.2, 0.25) is 0 Å². The van der Waals surface area contributed by atoms with Crippen LogP contribution in [0.4, 0.5) is 10.2 Å². The van der Waals surface area contributed by atoms with Crippen LogP contribution in [0.5, 0.6) is 0 Å². The van der Waals surface area contributed by atoms with E-state index in [-0.39, 0.29) is 5.82 Å². The van der Waals surface area contributed by atoms with Crippen LogP contribution in [0.3, 0.4) is 0 Å². The van der Waals surface area contributed by atoms with Crippen LogP contribution in [0.1, 0.15) is 5.56 Å². The molecule has 0 aliphatic carbocycles. The van der Waals surface area contributed by atoms with Gasteiger partial charge in [-0.05, 0) is 35.9 Å². The Morgan fingerprint density at radius 2 is 2.00 bits per heavy atom. The average Bonchev–Trinajstić information content (AvgIpc) is 2.72. The zero-order valence-electron chi connectivity index (χ0n) is 15.6. The number of morpholine rings is 1. The Morgan fingerprint density at radius 1 is 1.14 bits per heavy atom. The molecule has 1 saturated heterocycles. The van der Waals surface area contributed by atoms with E-state index in [4.69, 9.17) is 10.5 Å². The Morgan fingerprint density at radius 3 is 2.86 bits per heavy atom. The van der Waals surface area contributed by atoms with Crippen molar-refractivity contribution in [3.05, 3.63) is 48.0 Å². The summed E-state index contributed by atoms with van der Waals surface area (Å²) in [6.07, 6.45) is 1.40. The highest BCUT2D eigenvalue weighted by molar-refractivity contribution is 5.85. The summed E-state index contributed by atoms with van der Waals surface area (Å²) in [7, 11) is 0. The number of nitrogens with two attached hydrogens (primary N) is 1. The van der Waals surface area contributed by atoms with Crippen LogP contribution < -0.4 is 11.1 Å². The largest absolute Gasteiger partial charge is 0.382 e. The lowest BCUT2D eigenvalue weighted by molar-refractivity contribution is 0.0384. The highest BCUT2D eigenvalue weighted by atomic mass is 19.1. The smallest absolute Gasteiger partial charge is 0.153 e. The number of nitrogen functional groups attached to an aromatic ring is 1. The minimum absolute atomic E-state index is 0.290. The Balaban J connectivity index is 1.45. The fourth-order valence-corrected chi connectivity index (χ4v) is 3.31. The number of rotatable bonds is 6. The molecule has 146 valence electrons. The molecule has 3 heterocycles. The molecule has 1 aliphatic heterocycles. The number of nitrogens with zero attached hydrogens (tertiary/aromatic N) is 4. The Bertz CT molecular complexity index is 961. The highest BCUT2D eigenvalue weighted by Crippen LogP contribution is 2.24. The van der Waals surface area contributed by atoms with Gasteiger partial charge < -0.3 is 15.8 Å². The number of fused-ring (bicyclic) bond motifs is 1. The van der Waals surface area contributed by atoms with Gasteiger partial charge >= 0.3 is 0 Å². The molecule has 0 bridgehead atoms. The van der Waals surface area contributed by atoms with Crippen LogP contribution in [-0.4, -0.2) is 59.2 Å². The van der Waals surface area contributed by atoms with Crippen molar-refractivity contribution < 1.29 is 9.13 Å². The van der Waals surface area contributed by atoms with E-state index in [1.807, 2.05) is 18.2 Å². The number of nitrogens with one attached hydrogen (secondary N) is 1. The van der Waals surface area contributed by atoms with Crippen molar-refractivity contribution in [2.45, 2.75) is 6.54 Å². The topological polar surface area (TPSA) is 89.2 Å². The third-order valence-corrected chi connectivity index (χ3v) is 4.80. The average molecular weight is 382 g/mol. The number of anilines is 1. The molecule has 1 aliphatic rings. The van der Waals surface area contributed by atoms with E-state index in [9.17, 15) is 4.39 Å². The van der Waals surface area contributed by atoms with Gasteiger partial charge in [0.15, 0.2) is 5.82 Å². The number of halogens is 1. The van der Waals surface area contributed by atoms with E-state index < -0.39 is 0 Å². The fraction of sp³-hybridized carbons (Fsp3) is 0.350. The summed E-state index contributed by atoms with van der Waals surface area (Å²) >= 11 is 0. The first-order valence-electron chi connectivity index (χ1n) is 9.37. The number of pyridine rings is 1. The molecule has 2 aromatic heterocycles. The van der Waals surface area contributed by atoms with Gasteiger partial charge in [0.1, 0.15) is 17.7 Å². The summed E-state index contributed by atoms with van der Waals surface area (Å²) in [5.74, 6) is 0.0231. The van der Waals surface area contributed by atoms with Crippen molar-refractivity contribution in [3.63, 3.8) is 0 Å². The zero-order valence-corrected chi connectivity index (χ0v) is 15.6. The number of hydrogen-bond donors (Lipinski definition) is 2. The lowest BCUT2D eigenvalue weighted by Gasteiger charge is -2.26. The van der Waals surface area contributed by atoms with Gasteiger partial charge in [-0.25, -0.2) is 19.3 Å². The Kier molecular flexibility index (Phi) is 5.70. The van der Waals surface area contributed by atoms with Gasteiger partial charge in [0, 0.05) is 38.3 Å². The van der Waals surface area contributed by atoms with Gasteiger partial charge in [0.25, 0.3) is 0 Å². The van der Waals surface area contributed by atoms with Crippen molar-refractivity contribution in [2.75, 3.05) is 45.1 Å². The standard InChI is InChI=1S/C20H23FN6O/c21-16-10-14(12-23-3-4-27-5-7-28-8-6-27)9-15(11-16)17-1-2-18-19(26-17)20(22)25-13-24-18/h1-2,9-11,13,23H,3-8,12H2,(H2,22,24,25). The number of hydrogen-bond acceptors (Lipinski definition) is 7. The van der Waals surface area contributed by atoms with Crippen molar-refractivity contribution in [2.24, 2.45) is 0 Å². The van der Waals surface area contributed by atoms with Crippen LogP contribution >= 0.6 is 0 Å². The molecule has 0 unspecified atom stereocenters. The first-order chi connectivity index (χ1) is 13.7. The second-order valence-electron chi connectivity index (χ2n) is 6.80. The maximum absolute atomic E-state index is 14.2. The maximum Gasteiger partial charge on any atom is 0.153 e. The van der Waals surface area contributed by atoms with E-state index in [2.05, 4.69) is 25.2 Å². The first-order valence-corrected chi connectivity index (χ1v) is 9.37. The molecule has 4 rings (SSSR count). The molecule has 7 nitrogen and oxygen atoms in total. The highest BCUT2D eigenvalue weighted by Gasteiger charge is 2.10. The molecule has 0 saturated carbocycles. The summed E-state index contributed by atoms with van der Waals surface area (Å²) in [6.45, 7) is 5.90. The lowest BCUT2D eigenvalue weighted by Crippen LogP contribution is -2.40. The van der Waals surface area contributed by atoms with E-state index in [0.717, 1.165) is 45.0 Å². The summed E-state index contributed by atoms with van der Waals surface area (Å²) < 4.78 is 19.5. The number of aromatic nitrogens is 3. The second kappa shape index (κ2) is 8.55. The molecule has 1 aromatic carbocycles. The molecule has 8 heteroatoms. The summed E-state index contributed by atoms with van der Waals surface area (Å²) in [5, 5.41) is 3.38. The van der Waals surface area contributed by atoms with E-state index in [1.54, 1.807) is 6.07 Å². The molecular formula is C20H23FN6O. The van der Waals surface area contributed by atoms with E-state index in [1.165, 1.54) is 12.4 Å². The van der Waals surface area contributed by atoms with Gasteiger partial charge in [0.05, 0.1) is 24.4 Å². The minimum atomic E-state index is -0.290. The maximum atomic E-state index is 14.2. The number of benzene rings is 1. The van der Waals surface area contributed by atoms with Crippen LogP contribution in [0, 0.1) is 5.82 Å². The zero-order chi connectivity index (χ0) is 19.3. The third kappa shape index (κ3) is 4.41. The van der Waals surface area contributed by atoms with Gasteiger partial charge in [0.2, 0.25) is 0 Å². The summed E-state index contributed by atoms with van der Waals surface area (Å²) in [4.78, 5) is 15.0. The molecule has 1 fully saturated rings. The molecule has 0 atom stereocenters. The fourth-order valence-electron chi connectivity index (χ4n) is 3.31. The van der Waals surface area contributed by atoms with Gasteiger partial charge in [-0.15, -0.1) is 0 Å². The normalized spacial score (nSPS) is 15.2.